The lowest BCUT2D eigenvalue weighted by molar-refractivity contribution is -0.909. The molecular weight excluding hydrogens is 337 g/mol. The molecule has 6 heteroatoms. The Bertz CT molecular complexity index is 675. The summed E-state index contributed by atoms with van der Waals surface area (Å²) in [4.78, 5) is 1.50. The van der Waals surface area contributed by atoms with Crippen molar-refractivity contribution in [1.29, 1.82) is 0 Å². The molecule has 1 aliphatic heterocycles. The number of thiocarbonyl (C=S) groups is 1. The van der Waals surface area contributed by atoms with Crippen LogP contribution in [0.1, 0.15) is 11.6 Å². The number of anilines is 1. The van der Waals surface area contributed by atoms with Gasteiger partial charge < -0.3 is 20.3 Å². The number of benzene rings is 2. The SMILES string of the molecule is Fc1ccc(NC(=S)N[C@@H](C[NH+]2CCOCC2)c2ccccc2)cc1. The topological polar surface area (TPSA) is 37.7 Å². The number of halogens is 1. The summed E-state index contributed by atoms with van der Waals surface area (Å²) in [6.07, 6.45) is 0. The van der Waals surface area contributed by atoms with E-state index in [4.69, 9.17) is 17.0 Å². The molecule has 1 saturated heterocycles. The first-order chi connectivity index (χ1) is 12.2. The molecule has 4 nitrogen and oxygen atoms in total. The van der Waals surface area contributed by atoms with E-state index in [0.29, 0.717) is 5.11 Å². The zero-order chi connectivity index (χ0) is 17.5. The third-order valence-corrected chi connectivity index (χ3v) is 4.52. The van der Waals surface area contributed by atoms with E-state index in [0.717, 1.165) is 38.5 Å². The monoisotopic (exact) mass is 360 g/mol. The molecule has 0 unspecified atom stereocenters. The van der Waals surface area contributed by atoms with Gasteiger partial charge in [0.2, 0.25) is 0 Å². The first kappa shape index (κ1) is 17.8. The standard InChI is InChI=1S/C19H22FN3OS/c20-16-6-8-17(9-7-16)21-19(25)22-18(15-4-2-1-3-5-15)14-23-10-12-24-13-11-23/h1-9,18H,10-14H2,(H2,21,22,25)/p+1/t18-/m0/s1. The highest BCUT2D eigenvalue weighted by atomic mass is 32.1. The highest BCUT2D eigenvalue weighted by Gasteiger charge is 2.22. The molecule has 1 heterocycles. The molecule has 3 N–H and O–H groups in total. The van der Waals surface area contributed by atoms with Gasteiger partial charge in [-0.05, 0) is 42.0 Å². The molecule has 0 bridgehead atoms. The number of hydrogen-bond donors (Lipinski definition) is 3. The van der Waals surface area contributed by atoms with Crippen molar-refractivity contribution in [2.24, 2.45) is 0 Å². The molecule has 2 aromatic rings. The van der Waals surface area contributed by atoms with Crippen LogP contribution in [-0.4, -0.2) is 38.0 Å². The molecule has 25 heavy (non-hydrogen) atoms. The van der Waals surface area contributed by atoms with Gasteiger partial charge in [0.15, 0.2) is 5.11 Å². The molecule has 2 aromatic carbocycles. The van der Waals surface area contributed by atoms with Crippen molar-refractivity contribution in [3.05, 3.63) is 66.0 Å². The lowest BCUT2D eigenvalue weighted by Gasteiger charge is -2.29. The quantitative estimate of drug-likeness (QED) is 0.711. The predicted molar refractivity (Wildman–Crippen MR) is 101 cm³/mol. The minimum atomic E-state index is -0.262. The summed E-state index contributed by atoms with van der Waals surface area (Å²) in [7, 11) is 0. The van der Waals surface area contributed by atoms with E-state index in [1.807, 2.05) is 18.2 Å². The van der Waals surface area contributed by atoms with E-state index in [2.05, 4.69) is 22.8 Å². The summed E-state index contributed by atoms with van der Waals surface area (Å²) in [5.74, 6) is -0.262. The summed E-state index contributed by atoms with van der Waals surface area (Å²) >= 11 is 5.46. The minimum Gasteiger partial charge on any atom is -0.370 e. The molecule has 0 saturated carbocycles. The van der Waals surface area contributed by atoms with Gasteiger partial charge in [0, 0.05) is 5.69 Å². The zero-order valence-corrected chi connectivity index (χ0v) is 14.8. The van der Waals surface area contributed by atoms with Crippen LogP contribution in [0, 0.1) is 5.82 Å². The molecule has 0 amide bonds. The van der Waals surface area contributed by atoms with Crippen LogP contribution < -0.4 is 15.5 Å². The van der Waals surface area contributed by atoms with E-state index in [1.54, 1.807) is 12.1 Å². The lowest BCUT2D eigenvalue weighted by atomic mass is 10.1. The number of nitrogens with one attached hydrogen (secondary N) is 3. The maximum atomic E-state index is 13.0. The zero-order valence-electron chi connectivity index (χ0n) is 14.0. The fourth-order valence-electron chi connectivity index (χ4n) is 2.95. The van der Waals surface area contributed by atoms with E-state index in [1.165, 1.54) is 22.6 Å². The molecule has 0 aliphatic carbocycles. The summed E-state index contributed by atoms with van der Waals surface area (Å²) in [5.41, 5.74) is 1.97. The Morgan fingerprint density at radius 1 is 1.08 bits per heavy atom. The molecule has 3 rings (SSSR count). The first-order valence-corrected chi connectivity index (χ1v) is 8.91. The van der Waals surface area contributed by atoms with E-state index < -0.39 is 0 Å². The minimum absolute atomic E-state index is 0.106. The summed E-state index contributed by atoms with van der Waals surface area (Å²) in [5, 5.41) is 7.07. The molecule has 0 radical (unpaired) electrons. The Kier molecular flexibility index (Phi) is 6.33. The molecule has 1 aliphatic rings. The third-order valence-electron chi connectivity index (χ3n) is 4.30. The van der Waals surface area contributed by atoms with Gasteiger partial charge in [0.1, 0.15) is 31.5 Å². The lowest BCUT2D eigenvalue weighted by Crippen LogP contribution is -3.14. The van der Waals surface area contributed by atoms with Crippen molar-refractivity contribution < 1.29 is 14.0 Å². The van der Waals surface area contributed by atoms with Gasteiger partial charge in [-0.1, -0.05) is 30.3 Å². The summed E-state index contributed by atoms with van der Waals surface area (Å²) < 4.78 is 18.5. The van der Waals surface area contributed by atoms with Gasteiger partial charge in [-0.15, -0.1) is 0 Å². The van der Waals surface area contributed by atoms with E-state index in [-0.39, 0.29) is 11.9 Å². The van der Waals surface area contributed by atoms with Crippen LogP contribution in [0.2, 0.25) is 0 Å². The molecule has 1 fully saturated rings. The molecule has 132 valence electrons. The van der Waals surface area contributed by atoms with Crippen molar-refractivity contribution in [2.45, 2.75) is 6.04 Å². The van der Waals surface area contributed by atoms with Crippen molar-refractivity contribution in [2.75, 3.05) is 38.2 Å². The van der Waals surface area contributed by atoms with Crippen LogP contribution in [0.5, 0.6) is 0 Å². The van der Waals surface area contributed by atoms with E-state index in [9.17, 15) is 4.39 Å². The van der Waals surface area contributed by atoms with Gasteiger partial charge in [0.05, 0.1) is 13.2 Å². The van der Waals surface area contributed by atoms with Crippen LogP contribution in [0.4, 0.5) is 10.1 Å². The molecular formula is C19H23FN3OS+. The van der Waals surface area contributed by atoms with Gasteiger partial charge in [-0.25, -0.2) is 4.39 Å². The Labute approximate surface area is 153 Å². The van der Waals surface area contributed by atoms with Crippen molar-refractivity contribution in [1.82, 2.24) is 5.32 Å². The van der Waals surface area contributed by atoms with Crippen LogP contribution in [-0.2, 0) is 4.74 Å². The van der Waals surface area contributed by atoms with Crippen molar-refractivity contribution in [3.8, 4) is 0 Å². The van der Waals surface area contributed by atoms with Crippen LogP contribution in [0.3, 0.4) is 0 Å². The molecule has 1 atom stereocenters. The predicted octanol–water partition coefficient (Wildman–Crippen LogP) is 1.77. The normalized spacial score (nSPS) is 16.2. The second-order valence-electron chi connectivity index (χ2n) is 6.14. The smallest absolute Gasteiger partial charge is 0.171 e. The number of rotatable bonds is 5. The van der Waals surface area contributed by atoms with Crippen molar-refractivity contribution >= 4 is 23.0 Å². The molecule has 0 spiro atoms. The summed E-state index contributed by atoms with van der Waals surface area (Å²) in [6.45, 7) is 4.54. The largest absolute Gasteiger partial charge is 0.370 e. The highest BCUT2D eigenvalue weighted by Crippen LogP contribution is 2.13. The fraction of sp³-hybridized carbons (Fsp3) is 0.316. The second kappa shape index (κ2) is 8.89. The van der Waals surface area contributed by atoms with Gasteiger partial charge in [-0.2, -0.15) is 0 Å². The van der Waals surface area contributed by atoms with Gasteiger partial charge in [-0.3, -0.25) is 0 Å². The van der Waals surface area contributed by atoms with Crippen LogP contribution in [0.25, 0.3) is 0 Å². The number of quaternary nitrogens is 1. The highest BCUT2D eigenvalue weighted by molar-refractivity contribution is 7.80. The number of ether oxygens (including phenoxy) is 1. The second-order valence-corrected chi connectivity index (χ2v) is 6.54. The first-order valence-electron chi connectivity index (χ1n) is 8.50. The van der Waals surface area contributed by atoms with Crippen LogP contribution >= 0.6 is 12.2 Å². The Morgan fingerprint density at radius 3 is 2.44 bits per heavy atom. The average molecular weight is 360 g/mol. The Morgan fingerprint density at radius 2 is 1.76 bits per heavy atom. The maximum Gasteiger partial charge on any atom is 0.171 e. The fourth-order valence-corrected chi connectivity index (χ4v) is 3.21. The number of hydrogen-bond acceptors (Lipinski definition) is 2. The summed E-state index contributed by atoms with van der Waals surface area (Å²) in [6, 6.07) is 16.6. The van der Waals surface area contributed by atoms with Crippen LogP contribution in [0.15, 0.2) is 54.6 Å². The number of morpholine rings is 1. The van der Waals surface area contributed by atoms with Crippen molar-refractivity contribution in [3.63, 3.8) is 0 Å². The van der Waals surface area contributed by atoms with E-state index >= 15 is 0 Å². The van der Waals surface area contributed by atoms with Gasteiger partial charge in [0.25, 0.3) is 0 Å². The van der Waals surface area contributed by atoms with Gasteiger partial charge >= 0.3 is 0 Å². The molecule has 0 aromatic heterocycles. The maximum absolute atomic E-state index is 13.0. The average Bonchev–Trinajstić information content (AvgIpc) is 2.65. The Balaban J connectivity index is 1.65. The third kappa shape index (κ3) is 5.49. The Hall–Kier alpha value is -2.02.